The molecule has 0 bridgehead atoms. The Morgan fingerprint density at radius 3 is 2.54 bits per heavy atom. The van der Waals surface area contributed by atoms with Crippen molar-refractivity contribution in [3.8, 4) is 5.75 Å². The van der Waals surface area contributed by atoms with Gasteiger partial charge in [-0.1, -0.05) is 53.5 Å². The minimum atomic E-state index is -0.350. The van der Waals surface area contributed by atoms with E-state index in [-0.39, 0.29) is 17.9 Å². The number of aromatic nitrogens is 3. The van der Waals surface area contributed by atoms with Gasteiger partial charge in [0.1, 0.15) is 11.9 Å². The maximum absolute atomic E-state index is 11.9. The molecule has 2 N–H and O–H groups in total. The van der Waals surface area contributed by atoms with Crippen LogP contribution in [0.1, 0.15) is 48.3 Å². The fraction of sp³-hybridized carbons (Fsp3) is 0.300. The van der Waals surface area contributed by atoms with E-state index >= 15 is 0 Å². The van der Waals surface area contributed by atoms with E-state index in [1.807, 2.05) is 31.2 Å². The number of H-pyrrole nitrogens is 1. The van der Waals surface area contributed by atoms with E-state index in [1.54, 1.807) is 19.4 Å². The predicted octanol–water partition coefficient (Wildman–Crippen LogP) is 6.53. The van der Waals surface area contributed by atoms with E-state index in [4.69, 9.17) is 27.9 Å². The highest BCUT2D eigenvalue weighted by Gasteiger charge is 2.24. The molecule has 1 fully saturated rings. The van der Waals surface area contributed by atoms with Crippen LogP contribution >= 0.6 is 23.2 Å². The number of pyridine rings is 1. The van der Waals surface area contributed by atoms with Crippen LogP contribution in [0.5, 0.6) is 5.75 Å². The number of rotatable bonds is 8. The minimum absolute atomic E-state index is 0.140. The van der Waals surface area contributed by atoms with Crippen LogP contribution in [0.15, 0.2) is 54.9 Å². The number of fused-ring (bicyclic) bond motifs is 1. The molecule has 1 amide bonds. The topological polar surface area (TPSA) is 83.1 Å². The van der Waals surface area contributed by atoms with Gasteiger partial charge in [0.2, 0.25) is 5.91 Å². The van der Waals surface area contributed by atoms with E-state index in [0.29, 0.717) is 21.4 Å². The second kappa shape index (κ2) is 12.2. The van der Waals surface area contributed by atoms with Crippen molar-refractivity contribution in [3.05, 3.63) is 87.3 Å². The fourth-order valence-corrected chi connectivity index (χ4v) is 5.68. The van der Waals surface area contributed by atoms with E-state index < -0.39 is 0 Å². The molecule has 0 aliphatic carbocycles. The number of piperidine rings is 1. The maximum Gasteiger partial charge on any atom is 0.222 e. The zero-order chi connectivity index (χ0) is 27.4. The number of amides is 1. The molecule has 1 aliphatic heterocycles. The predicted molar refractivity (Wildman–Crippen MR) is 157 cm³/mol. The van der Waals surface area contributed by atoms with Crippen LogP contribution in [0.2, 0.25) is 10.0 Å². The van der Waals surface area contributed by atoms with Gasteiger partial charge in [0.25, 0.3) is 0 Å². The zero-order valence-corrected chi connectivity index (χ0v) is 23.5. The van der Waals surface area contributed by atoms with Gasteiger partial charge < -0.3 is 10.1 Å². The van der Waals surface area contributed by atoms with Crippen molar-refractivity contribution in [1.82, 2.24) is 25.4 Å². The molecule has 2 aromatic heterocycles. The highest BCUT2D eigenvalue weighted by molar-refractivity contribution is 6.35. The summed E-state index contributed by atoms with van der Waals surface area (Å²) in [5, 5.41) is 12.2. The summed E-state index contributed by atoms with van der Waals surface area (Å²) in [5.41, 5.74) is 4.81. The molecule has 202 valence electrons. The molecule has 39 heavy (non-hydrogen) atoms. The maximum atomic E-state index is 11.9. The average Bonchev–Trinajstić information content (AvgIpc) is 3.34. The lowest BCUT2D eigenvalue weighted by Crippen LogP contribution is -2.39. The molecule has 7 nitrogen and oxygen atoms in total. The van der Waals surface area contributed by atoms with Crippen molar-refractivity contribution in [2.45, 2.75) is 32.4 Å². The van der Waals surface area contributed by atoms with Gasteiger partial charge in [-0.05, 0) is 68.3 Å². The van der Waals surface area contributed by atoms with Gasteiger partial charge in [0, 0.05) is 42.9 Å². The number of benzene rings is 2. The van der Waals surface area contributed by atoms with Crippen LogP contribution in [-0.2, 0) is 11.3 Å². The highest BCUT2D eigenvalue weighted by atomic mass is 35.5. The zero-order valence-electron chi connectivity index (χ0n) is 22.0. The SMILES string of the molecule is CNC(=O)C1CCN(Cc2ccc(/C=C/c3n[nH]c4ccc(OC(C)c5c(Cl)cncc5Cl)cc34)cc2)CC1. The standard InChI is InChI=1S/C30H31Cl2N5O2/c1-19(29-25(31)16-34-17-26(29)32)39-23-8-10-28-24(15-23)27(35-36-28)9-7-20-3-5-21(6-4-20)18-37-13-11-22(12-14-37)30(38)33-2/h3-10,15-17,19,22H,11-14,18H2,1-2H3,(H,33,38)(H,35,36)/b9-7+. The Morgan fingerprint density at radius 1 is 1.13 bits per heavy atom. The number of nitrogens with zero attached hydrogens (tertiary/aromatic N) is 3. The van der Waals surface area contributed by atoms with Crippen LogP contribution in [0.25, 0.3) is 23.1 Å². The van der Waals surface area contributed by atoms with Crippen molar-refractivity contribution in [1.29, 1.82) is 0 Å². The second-order valence-electron chi connectivity index (χ2n) is 9.83. The molecule has 9 heteroatoms. The lowest BCUT2D eigenvalue weighted by molar-refractivity contribution is -0.125. The van der Waals surface area contributed by atoms with Gasteiger partial charge in [-0.25, -0.2) is 0 Å². The van der Waals surface area contributed by atoms with Gasteiger partial charge in [-0.3, -0.25) is 19.8 Å². The number of halogens is 2. The summed E-state index contributed by atoms with van der Waals surface area (Å²) < 4.78 is 6.17. The molecule has 0 radical (unpaired) electrons. The molecule has 4 aromatic rings. The Balaban J connectivity index is 1.23. The van der Waals surface area contributed by atoms with Crippen LogP contribution in [0.4, 0.5) is 0 Å². The fourth-order valence-electron chi connectivity index (χ4n) is 5.01. The first-order valence-corrected chi connectivity index (χ1v) is 13.8. The number of carbonyl (C=O) groups is 1. The van der Waals surface area contributed by atoms with Gasteiger partial charge in [-0.15, -0.1) is 0 Å². The van der Waals surface area contributed by atoms with Gasteiger partial charge in [-0.2, -0.15) is 5.10 Å². The van der Waals surface area contributed by atoms with E-state index in [0.717, 1.165) is 54.6 Å². The van der Waals surface area contributed by atoms with Crippen LogP contribution in [-0.4, -0.2) is 46.1 Å². The molecule has 1 atom stereocenters. The molecular formula is C30H31Cl2N5O2. The van der Waals surface area contributed by atoms with Crippen LogP contribution in [0, 0.1) is 5.92 Å². The quantitative estimate of drug-likeness (QED) is 0.254. The summed E-state index contributed by atoms with van der Waals surface area (Å²) in [6.07, 6.45) is 8.66. The third kappa shape index (κ3) is 6.44. The van der Waals surface area contributed by atoms with E-state index in [2.05, 4.69) is 55.7 Å². The molecule has 3 heterocycles. The third-order valence-electron chi connectivity index (χ3n) is 7.20. The second-order valence-corrected chi connectivity index (χ2v) is 10.6. The first kappa shape index (κ1) is 27.2. The number of carbonyl (C=O) groups excluding carboxylic acids is 1. The van der Waals surface area contributed by atoms with Crippen LogP contribution in [0.3, 0.4) is 0 Å². The summed E-state index contributed by atoms with van der Waals surface area (Å²) in [6, 6.07) is 14.4. The molecule has 0 spiro atoms. The smallest absolute Gasteiger partial charge is 0.222 e. The molecule has 1 saturated heterocycles. The molecule has 5 rings (SSSR count). The normalized spacial score (nSPS) is 15.6. The van der Waals surface area contributed by atoms with Crippen molar-refractivity contribution >= 4 is 52.2 Å². The monoisotopic (exact) mass is 563 g/mol. The molecule has 1 aliphatic rings. The largest absolute Gasteiger partial charge is 0.486 e. The van der Waals surface area contributed by atoms with E-state index in [1.165, 1.54) is 5.56 Å². The molecule has 1 unspecified atom stereocenters. The Morgan fingerprint density at radius 2 is 1.85 bits per heavy atom. The summed E-state index contributed by atoms with van der Waals surface area (Å²) in [6.45, 7) is 4.69. The van der Waals surface area contributed by atoms with Crippen molar-refractivity contribution < 1.29 is 9.53 Å². The van der Waals surface area contributed by atoms with Crippen LogP contribution < -0.4 is 10.1 Å². The lowest BCUT2D eigenvalue weighted by atomic mass is 9.95. The lowest BCUT2D eigenvalue weighted by Gasteiger charge is -2.31. The minimum Gasteiger partial charge on any atom is -0.486 e. The van der Waals surface area contributed by atoms with Crippen molar-refractivity contribution in [3.63, 3.8) is 0 Å². The Bertz CT molecular complexity index is 1460. The first-order chi connectivity index (χ1) is 18.9. The number of likely N-dealkylation sites (tertiary alicyclic amines) is 1. The van der Waals surface area contributed by atoms with Crippen molar-refractivity contribution in [2.75, 3.05) is 20.1 Å². The highest BCUT2D eigenvalue weighted by Crippen LogP contribution is 2.33. The van der Waals surface area contributed by atoms with Gasteiger partial charge in [0.05, 0.1) is 21.3 Å². The Hall–Kier alpha value is -3.39. The van der Waals surface area contributed by atoms with Gasteiger partial charge in [0.15, 0.2) is 0 Å². The van der Waals surface area contributed by atoms with E-state index in [9.17, 15) is 4.79 Å². The average molecular weight is 565 g/mol. The number of ether oxygens (including phenoxy) is 1. The van der Waals surface area contributed by atoms with Crippen molar-refractivity contribution in [2.24, 2.45) is 5.92 Å². The third-order valence-corrected chi connectivity index (χ3v) is 7.80. The number of hydrogen-bond acceptors (Lipinski definition) is 5. The summed E-state index contributed by atoms with van der Waals surface area (Å²) in [7, 11) is 1.71. The number of hydrogen-bond donors (Lipinski definition) is 2. The molecule has 0 saturated carbocycles. The summed E-state index contributed by atoms with van der Waals surface area (Å²) in [4.78, 5) is 18.3. The Kier molecular flexibility index (Phi) is 8.50. The molecular weight excluding hydrogens is 533 g/mol. The molecule has 2 aromatic carbocycles. The summed E-state index contributed by atoms with van der Waals surface area (Å²) >= 11 is 12.6. The Labute approximate surface area is 238 Å². The van der Waals surface area contributed by atoms with Gasteiger partial charge >= 0.3 is 0 Å². The summed E-state index contributed by atoms with van der Waals surface area (Å²) in [5.74, 6) is 0.994. The number of nitrogens with one attached hydrogen (secondary N) is 2. The first-order valence-electron chi connectivity index (χ1n) is 13.1. The number of aromatic amines is 1.